The lowest BCUT2D eigenvalue weighted by Gasteiger charge is -2.25. The molecule has 1 saturated carbocycles. The van der Waals surface area contributed by atoms with E-state index in [4.69, 9.17) is 6.42 Å². The molecule has 12 heteroatoms. The van der Waals surface area contributed by atoms with E-state index in [-0.39, 0.29) is 28.6 Å². The van der Waals surface area contributed by atoms with Crippen molar-refractivity contribution in [3.05, 3.63) is 99.2 Å². The molecule has 11 nitrogen and oxygen atoms in total. The highest BCUT2D eigenvalue weighted by Gasteiger charge is 2.32. The number of para-hydroxylation sites is 1. The highest BCUT2D eigenvalue weighted by Crippen LogP contribution is 2.35. The molecule has 2 aromatic carbocycles. The van der Waals surface area contributed by atoms with E-state index in [1.807, 2.05) is 49.4 Å². The number of rotatable bonds is 8. The van der Waals surface area contributed by atoms with Gasteiger partial charge in [-0.2, -0.15) is 13.1 Å². The molecular formula is C33H31N7O4S. The number of nitrogens with one attached hydrogen (secondary N) is 3. The second-order valence-corrected chi connectivity index (χ2v) is 13.0. The van der Waals surface area contributed by atoms with E-state index in [0.29, 0.717) is 28.8 Å². The quantitative estimate of drug-likeness (QED) is 0.225. The number of terminal acetylenes is 1. The minimum absolute atomic E-state index is 0.0285. The van der Waals surface area contributed by atoms with Crippen LogP contribution in [0, 0.1) is 12.3 Å². The van der Waals surface area contributed by atoms with Crippen LogP contribution in [0.5, 0.6) is 0 Å². The number of benzene rings is 2. The number of pyridine rings is 1. The van der Waals surface area contributed by atoms with E-state index >= 15 is 0 Å². The largest absolute Gasteiger partial charge is 0.344 e. The number of hydrogen-bond donors (Lipinski definition) is 3. The maximum absolute atomic E-state index is 14.4. The van der Waals surface area contributed by atoms with Crippen molar-refractivity contribution in [1.29, 1.82) is 0 Å². The smallest absolute Gasteiger partial charge is 0.300 e. The molecule has 45 heavy (non-hydrogen) atoms. The average Bonchev–Trinajstić information content (AvgIpc) is 3.79. The summed E-state index contributed by atoms with van der Waals surface area (Å²) in [4.78, 5) is 32.9. The Morgan fingerprint density at radius 3 is 2.60 bits per heavy atom. The fraction of sp³-hybridized carbons (Fsp3) is 0.273. The molecule has 1 atom stereocenters. The summed E-state index contributed by atoms with van der Waals surface area (Å²) in [7, 11) is -3.99. The van der Waals surface area contributed by atoms with Crippen LogP contribution in [0.4, 0.5) is 5.82 Å². The zero-order valence-corrected chi connectivity index (χ0v) is 25.4. The first kappa shape index (κ1) is 28.8. The van der Waals surface area contributed by atoms with Crippen molar-refractivity contribution in [2.45, 2.75) is 57.5 Å². The highest BCUT2D eigenvalue weighted by molar-refractivity contribution is 7.90. The monoisotopic (exact) mass is 621 g/mol. The van der Waals surface area contributed by atoms with Gasteiger partial charge >= 0.3 is 10.2 Å². The number of carbonyl (C=O) groups is 1. The van der Waals surface area contributed by atoms with Crippen LogP contribution >= 0.6 is 0 Å². The van der Waals surface area contributed by atoms with E-state index in [2.05, 4.69) is 30.8 Å². The molecule has 0 radical (unpaired) electrons. The van der Waals surface area contributed by atoms with Crippen molar-refractivity contribution in [2.24, 2.45) is 0 Å². The molecule has 3 heterocycles. The molecule has 7 rings (SSSR count). The standard InChI is InChI=1S/C33H31N7O4S/c1-3-21-14-15-22-10-7-8-13-25-26(22)27(21)33(42)40(24-11-5-4-6-12-24)29(25)20(2)35-32(41)28-30(36-39-19-9-18-34-31(28)39)38-45(43,44)37-23-16-17-23/h1,4-6,9,11-12,14-15,18-20,23,37H,7-8,10,13,16-17H2,2H3,(H,35,41)(H,36,38)/t20-/m1/s1. The molecule has 228 valence electrons. The van der Waals surface area contributed by atoms with Gasteiger partial charge in [-0.3, -0.25) is 18.9 Å². The van der Waals surface area contributed by atoms with Crippen molar-refractivity contribution in [1.82, 2.24) is 29.2 Å². The molecule has 0 aliphatic heterocycles. The summed E-state index contributed by atoms with van der Waals surface area (Å²) in [6, 6.07) is 13.9. The van der Waals surface area contributed by atoms with Crippen molar-refractivity contribution in [3.8, 4) is 18.0 Å². The van der Waals surface area contributed by atoms with Crippen LogP contribution in [-0.2, 0) is 23.1 Å². The van der Waals surface area contributed by atoms with Gasteiger partial charge < -0.3 is 5.32 Å². The zero-order valence-electron chi connectivity index (χ0n) is 24.6. The Kier molecular flexibility index (Phi) is 7.14. The molecule has 2 aliphatic carbocycles. The number of anilines is 1. The topological polar surface area (TPSA) is 139 Å². The Morgan fingerprint density at radius 1 is 1.07 bits per heavy atom. The Morgan fingerprint density at radius 2 is 1.84 bits per heavy atom. The van der Waals surface area contributed by atoms with Crippen LogP contribution in [-0.4, -0.2) is 39.5 Å². The summed E-state index contributed by atoms with van der Waals surface area (Å²) in [5.74, 6) is 1.97. The SMILES string of the molecule is C#Cc1ccc2c3c(c([C@@H](C)NC(=O)c4c(NS(=O)(=O)NC5CC5)nn5cccnc45)n(-c4ccccc4)c(=O)c13)CCCC2. The molecule has 1 amide bonds. The number of aryl methyl sites for hydroxylation is 2. The van der Waals surface area contributed by atoms with E-state index < -0.39 is 22.2 Å². The van der Waals surface area contributed by atoms with E-state index in [1.54, 1.807) is 16.8 Å². The van der Waals surface area contributed by atoms with Crippen molar-refractivity contribution >= 4 is 38.4 Å². The van der Waals surface area contributed by atoms with Crippen LogP contribution < -0.4 is 20.3 Å². The van der Waals surface area contributed by atoms with E-state index in [1.165, 1.54) is 10.7 Å². The summed E-state index contributed by atoms with van der Waals surface area (Å²) in [6.45, 7) is 1.82. The first-order chi connectivity index (χ1) is 21.8. The average molecular weight is 622 g/mol. The third-order valence-corrected chi connectivity index (χ3v) is 9.47. The van der Waals surface area contributed by atoms with Crippen LogP contribution in [0.25, 0.3) is 22.1 Å². The van der Waals surface area contributed by atoms with Gasteiger partial charge in [-0.05, 0) is 86.2 Å². The molecule has 1 fully saturated rings. The number of nitrogens with zero attached hydrogens (tertiary/aromatic N) is 4. The first-order valence-electron chi connectivity index (χ1n) is 15.0. The summed E-state index contributed by atoms with van der Waals surface area (Å²) in [6.07, 6.45) is 13.8. The van der Waals surface area contributed by atoms with Crippen molar-refractivity contribution < 1.29 is 13.2 Å². The third-order valence-electron chi connectivity index (χ3n) is 8.36. The van der Waals surface area contributed by atoms with Gasteiger partial charge in [0.1, 0.15) is 5.56 Å². The Hall–Kier alpha value is -4.99. The van der Waals surface area contributed by atoms with Crippen LogP contribution in [0.1, 0.15) is 71.4 Å². The number of fused-ring (bicyclic) bond motifs is 1. The lowest BCUT2D eigenvalue weighted by Crippen LogP contribution is -2.35. The molecule has 0 bridgehead atoms. The van der Waals surface area contributed by atoms with Gasteiger partial charge in [-0.1, -0.05) is 30.2 Å². The lowest BCUT2D eigenvalue weighted by atomic mass is 9.92. The van der Waals surface area contributed by atoms with Gasteiger partial charge in [-0.15, -0.1) is 11.5 Å². The predicted molar refractivity (Wildman–Crippen MR) is 172 cm³/mol. The zero-order chi connectivity index (χ0) is 31.3. The second kappa shape index (κ2) is 11.2. The van der Waals surface area contributed by atoms with Gasteiger partial charge in [0.2, 0.25) is 0 Å². The fourth-order valence-electron chi connectivity index (χ4n) is 6.27. The van der Waals surface area contributed by atoms with Crippen molar-refractivity contribution in [3.63, 3.8) is 0 Å². The van der Waals surface area contributed by atoms with Gasteiger partial charge in [0.15, 0.2) is 11.5 Å². The maximum Gasteiger partial charge on any atom is 0.300 e. The van der Waals surface area contributed by atoms with Crippen molar-refractivity contribution in [2.75, 3.05) is 4.72 Å². The van der Waals surface area contributed by atoms with Crippen LogP contribution in [0.2, 0.25) is 0 Å². The number of hydrogen-bond acceptors (Lipinski definition) is 6. The van der Waals surface area contributed by atoms with Gasteiger partial charge in [0.05, 0.1) is 17.1 Å². The molecule has 0 unspecified atom stereocenters. The predicted octanol–water partition coefficient (Wildman–Crippen LogP) is 3.79. The maximum atomic E-state index is 14.4. The summed E-state index contributed by atoms with van der Waals surface area (Å²) >= 11 is 0. The second-order valence-electron chi connectivity index (χ2n) is 11.5. The number of aromatic nitrogens is 4. The Balaban J connectivity index is 1.38. The molecule has 3 N–H and O–H groups in total. The summed E-state index contributed by atoms with van der Waals surface area (Å²) in [5.41, 5.74) is 3.73. The third kappa shape index (κ3) is 5.24. The number of carbonyl (C=O) groups excluding carboxylic acids is 1. The first-order valence-corrected chi connectivity index (χ1v) is 16.4. The number of amides is 1. The highest BCUT2D eigenvalue weighted by atomic mass is 32.2. The summed E-state index contributed by atoms with van der Waals surface area (Å²) < 4.78 is 33.7. The van der Waals surface area contributed by atoms with E-state index in [0.717, 1.165) is 48.6 Å². The van der Waals surface area contributed by atoms with E-state index in [9.17, 15) is 18.0 Å². The summed E-state index contributed by atoms with van der Waals surface area (Å²) in [5, 5.41) is 8.73. The van der Waals surface area contributed by atoms with Gasteiger partial charge in [0.25, 0.3) is 11.5 Å². The Bertz CT molecular complexity index is 2200. The van der Waals surface area contributed by atoms with Crippen LogP contribution in [0.15, 0.2) is 65.7 Å². The fourth-order valence-corrected chi connectivity index (χ4v) is 7.40. The molecule has 0 saturated heterocycles. The normalized spacial score (nSPS) is 15.4. The Labute approximate surface area is 259 Å². The van der Waals surface area contributed by atoms with Gasteiger partial charge in [-0.25, -0.2) is 9.50 Å². The molecule has 0 spiro atoms. The minimum atomic E-state index is -3.99. The van der Waals surface area contributed by atoms with Crippen LogP contribution in [0.3, 0.4) is 0 Å². The molecule has 2 aliphatic rings. The molecular weight excluding hydrogens is 590 g/mol. The van der Waals surface area contributed by atoms with Gasteiger partial charge in [0, 0.05) is 29.7 Å². The molecule has 3 aromatic heterocycles. The minimum Gasteiger partial charge on any atom is -0.344 e. The lowest BCUT2D eigenvalue weighted by molar-refractivity contribution is 0.0941. The molecule has 5 aromatic rings.